The Morgan fingerprint density at radius 2 is 1.77 bits per heavy atom. The molecule has 1 heterocycles. The van der Waals surface area contributed by atoms with E-state index in [0.717, 1.165) is 11.2 Å². The lowest BCUT2D eigenvalue weighted by Crippen LogP contribution is -2.39. The van der Waals surface area contributed by atoms with Gasteiger partial charge in [0, 0.05) is 27.3 Å². The molecule has 0 fully saturated rings. The molecule has 0 saturated heterocycles. The number of carbonyl (C=O) groups is 1. The molecule has 0 aliphatic carbocycles. The summed E-state index contributed by atoms with van der Waals surface area (Å²) in [6.45, 7) is 5.52. The molecule has 0 radical (unpaired) electrons. The molecule has 22 heavy (non-hydrogen) atoms. The molecular formula is C15H26N2O5. The fraction of sp³-hybridized carbons (Fsp3) is 0.733. The first-order valence-electron chi connectivity index (χ1n) is 7.61. The molecule has 0 saturated carbocycles. The normalized spacial score (nSPS) is 10.9. The third-order valence-electron chi connectivity index (χ3n) is 3.43. The van der Waals surface area contributed by atoms with E-state index in [-0.39, 0.29) is 6.03 Å². The zero-order chi connectivity index (χ0) is 16.5. The summed E-state index contributed by atoms with van der Waals surface area (Å²) in [5, 5.41) is 0. The monoisotopic (exact) mass is 314 g/mol. The number of rotatable bonds is 9. The van der Waals surface area contributed by atoms with Crippen molar-refractivity contribution in [3.05, 3.63) is 21.7 Å². The Bertz CT molecular complexity index is 512. The first-order chi connectivity index (χ1) is 10.6. The molecule has 0 atom stereocenters. The van der Waals surface area contributed by atoms with Gasteiger partial charge in [0.25, 0.3) is 0 Å². The highest BCUT2D eigenvalue weighted by molar-refractivity contribution is 5.76. The average molecular weight is 314 g/mol. The second-order valence-corrected chi connectivity index (χ2v) is 4.96. The summed E-state index contributed by atoms with van der Waals surface area (Å²) < 4.78 is 16.4. The topological polar surface area (TPSA) is 73.9 Å². The van der Waals surface area contributed by atoms with Crippen LogP contribution in [0.1, 0.15) is 31.5 Å². The van der Waals surface area contributed by atoms with E-state index in [0.29, 0.717) is 50.4 Å². The second kappa shape index (κ2) is 9.42. The lowest BCUT2D eigenvalue weighted by Gasteiger charge is -2.22. The van der Waals surface area contributed by atoms with Crippen molar-refractivity contribution in [1.29, 1.82) is 0 Å². The van der Waals surface area contributed by atoms with Crippen molar-refractivity contribution in [3.63, 3.8) is 0 Å². The Kier molecular flexibility index (Phi) is 7.90. The molecule has 1 aromatic rings. The summed E-state index contributed by atoms with van der Waals surface area (Å²) in [7, 11) is 3.15. The molecule has 1 aromatic heterocycles. The maximum absolute atomic E-state index is 12.7. The van der Waals surface area contributed by atoms with Gasteiger partial charge >= 0.3 is 11.7 Å². The van der Waals surface area contributed by atoms with Crippen LogP contribution < -0.4 is 5.63 Å². The van der Waals surface area contributed by atoms with Gasteiger partial charge in [0.15, 0.2) is 0 Å². The summed E-state index contributed by atoms with van der Waals surface area (Å²) in [6, 6.07) is -0.352. The second-order valence-electron chi connectivity index (χ2n) is 4.96. The summed E-state index contributed by atoms with van der Waals surface area (Å²) in [5.41, 5.74) is 0.811. The first kappa shape index (κ1) is 18.4. The van der Waals surface area contributed by atoms with E-state index in [1.165, 1.54) is 0 Å². The van der Waals surface area contributed by atoms with Crippen molar-refractivity contribution < 1.29 is 18.8 Å². The highest BCUT2D eigenvalue weighted by Gasteiger charge is 2.24. The maximum Gasteiger partial charge on any atom is 0.361 e. The van der Waals surface area contributed by atoms with Crippen LogP contribution in [0.25, 0.3) is 0 Å². The van der Waals surface area contributed by atoms with E-state index in [1.54, 1.807) is 19.1 Å². The molecule has 7 nitrogen and oxygen atoms in total. The van der Waals surface area contributed by atoms with Gasteiger partial charge in [0.05, 0.1) is 24.5 Å². The molecule has 0 unspecified atom stereocenters. The van der Waals surface area contributed by atoms with Crippen molar-refractivity contribution in [2.45, 2.75) is 33.1 Å². The highest BCUT2D eigenvalue weighted by Crippen LogP contribution is 2.12. The maximum atomic E-state index is 12.7. The Morgan fingerprint density at radius 3 is 2.23 bits per heavy atom. The smallest absolute Gasteiger partial charge is 0.361 e. The van der Waals surface area contributed by atoms with Crippen LogP contribution in [-0.2, 0) is 22.3 Å². The standard InChI is InChI=1S/C15H26N2O5/c1-5-7-13-12(6-2)14(18)22-17(13)15(19)16(8-10-20-3)9-11-21-4/h5-11H2,1-4H3. The minimum absolute atomic E-state index is 0.352. The molecule has 0 aromatic carbocycles. The van der Waals surface area contributed by atoms with Gasteiger partial charge in [0.1, 0.15) is 0 Å². The van der Waals surface area contributed by atoms with E-state index >= 15 is 0 Å². The van der Waals surface area contributed by atoms with Gasteiger partial charge in [-0.15, -0.1) is 4.74 Å². The number of carbonyl (C=O) groups excluding carboxylic acids is 1. The first-order valence-corrected chi connectivity index (χ1v) is 7.61. The van der Waals surface area contributed by atoms with Gasteiger partial charge in [-0.1, -0.05) is 20.3 Å². The molecule has 0 aliphatic heterocycles. The molecule has 1 amide bonds. The fourth-order valence-electron chi connectivity index (χ4n) is 2.26. The van der Waals surface area contributed by atoms with Crippen LogP contribution in [0.15, 0.2) is 9.32 Å². The van der Waals surface area contributed by atoms with Gasteiger partial charge in [0.2, 0.25) is 0 Å². The Morgan fingerprint density at radius 1 is 1.18 bits per heavy atom. The fourth-order valence-corrected chi connectivity index (χ4v) is 2.26. The molecule has 0 bridgehead atoms. The minimum Gasteiger partial charge on any atom is -0.383 e. The van der Waals surface area contributed by atoms with Crippen LogP contribution in [0, 0.1) is 0 Å². The average Bonchev–Trinajstić information content (AvgIpc) is 2.83. The van der Waals surface area contributed by atoms with Crippen LogP contribution in [0.3, 0.4) is 0 Å². The Hall–Kier alpha value is -1.60. The Labute approximate surface area is 130 Å². The number of amides is 1. The highest BCUT2D eigenvalue weighted by atomic mass is 16.5. The van der Waals surface area contributed by atoms with Crippen LogP contribution in [0.5, 0.6) is 0 Å². The summed E-state index contributed by atoms with van der Waals surface area (Å²) in [6.07, 6.45) is 2.01. The van der Waals surface area contributed by atoms with E-state index in [4.69, 9.17) is 14.0 Å². The Balaban J connectivity index is 3.08. The number of hydrogen-bond acceptors (Lipinski definition) is 5. The lowest BCUT2D eigenvalue weighted by molar-refractivity contribution is 0.111. The lowest BCUT2D eigenvalue weighted by atomic mass is 10.1. The molecule has 0 aliphatic rings. The van der Waals surface area contributed by atoms with E-state index in [1.807, 2.05) is 13.8 Å². The van der Waals surface area contributed by atoms with Crippen LogP contribution >= 0.6 is 0 Å². The molecule has 1 rings (SSSR count). The van der Waals surface area contributed by atoms with E-state index in [2.05, 4.69) is 0 Å². The number of hydrogen-bond donors (Lipinski definition) is 0. The van der Waals surface area contributed by atoms with Crippen LogP contribution in [0.4, 0.5) is 4.79 Å². The van der Waals surface area contributed by atoms with Crippen molar-refractivity contribution in [2.24, 2.45) is 0 Å². The summed E-state index contributed by atoms with van der Waals surface area (Å²) in [5.74, 6) is 0. The summed E-state index contributed by atoms with van der Waals surface area (Å²) in [4.78, 5) is 26.2. The van der Waals surface area contributed by atoms with Crippen molar-refractivity contribution in [2.75, 3.05) is 40.5 Å². The van der Waals surface area contributed by atoms with Gasteiger partial charge in [-0.3, -0.25) is 0 Å². The molecule has 7 heteroatoms. The zero-order valence-corrected chi connectivity index (χ0v) is 13.9. The van der Waals surface area contributed by atoms with Crippen molar-refractivity contribution in [3.8, 4) is 0 Å². The molecular weight excluding hydrogens is 288 g/mol. The van der Waals surface area contributed by atoms with Crippen molar-refractivity contribution >= 4 is 6.03 Å². The van der Waals surface area contributed by atoms with Gasteiger partial charge in [-0.25, -0.2) is 9.59 Å². The SMILES string of the molecule is CCCc1c(CC)c(=O)on1C(=O)N(CCOC)CCOC. The zero-order valence-electron chi connectivity index (χ0n) is 13.9. The van der Waals surface area contributed by atoms with Gasteiger partial charge in [-0.05, 0) is 12.8 Å². The predicted octanol–water partition coefficient (Wildman–Crippen LogP) is 1.52. The van der Waals surface area contributed by atoms with Crippen molar-refractivity contribution in [1.82, 2.24) is 9.64 Å². The number of methoxy groups -OCH3 is 2. The number of ether oxygens (including phenoxy) is 2. The van der Waals surface area contributed by atoms with Crippen LogP contribution in [0.2, 0.25) is 0 Å². The third kappa shape index (κ3) is 4.45. The quantitative estimate of drug-likeness (QED) is 0.691. The number of aromatic nitrogens is 1. The predicted molar refractivity (Wildman–Crippen MR) is 82.5 cm³/mol. The van der Waals surface area contributed by atoms with E-state index < -0.39 is 5.63 Å². The molecule has 126 valence electrons. The van der Waals surface area contributed by atoms with E-state index in [9.17, 15) is 9.59 Å². The third-order valence-corrected chi connectivity index (χ3v) is 3.43. The molecule has 0 N–H and O–H groups in total. The number of nitrogens with zero attached hydrogens (tertiary/aromatic N) is 2. The molecule has 0 spiro atoms. The van der Waals surface area contributed by atoms with Gasteiger partial charge in [-0.2, -0.15) is 0 Å². The van der Waals surface area contributed by atoms with Gasteiger partial charge < -0.3 is 18.9 Å². The summed E-state index contributed by atoms with van der Waals surface area (Å²) >= 11 is 0. The van der Waals surface area contributed by atoms with Crippen LogP contribution in [-0.4, -0.2) is 56.2 Å². The largest absolute Gasteiger partial charge is 0.383 e. The minimum atomic E-state index is -0.433.